The number of hydrogen-bond acceptors (Lipinski definition) is 7. The minimum absolute atomic E-state index is 0.0876. The quantitative estimate of drug-likeness (QED) is 0.260. The van der Waals surface area contributed by atoms with E-state index in [1.807, 2.05) is 0 Å². The molecule has 0 aliphatic rings. The van der Waals surface area contributed by atoms with Crippen LogP contribution in [0, 0.1) is 0 Å². The Morgan fingerprint density at radius 3 is 2.07 bits per heavy atom. The zero-order valence-electron chi connectivity index (χ0n) is 15.3. The molecular formula is C15H25N3O8S. The van der Waals surface area contributed by atoms with Gasteiger partial charge in [0, 0.05) is 12.2 Å². The van der Waals surface area contributed by atoms with Crippen LogP contribution in [0.1, 0.15) is 33.6 Å². The number of carbonyl (C=O) groups excluding carboxylic acids is 3. The van der Waals surface area contributed by atoms with Crippen molar-refractivity contribution in [2.75, 3.05) is 12.3 Å². The van der Waals surface area contributed by atoms with Gasteiger partial charge in [0.2, 0.25) is 11.8 Å². The standard InChI is InChI=1S/C15H25N3O8S/c1-15(2,3)26-14(25)18-8(13(23)24)4-5-10(19)17-9(7-27)12(22)16-6-11(20)21/h8-9,27H,4-7H2,1-3H3,(H,16,22)(H,17,19)(H,18,25)(H,20,21)(H,23,24)/t8-,9-/m0/s1. The lowest BCUT2D eigenvalue weighted by atomic mass is 10.1. The van der Waals surface area contributed by atoms with Crippen molar-refractivity contribution in [2.24, 2.45) is 0 Å². The summed E-state index contributed by atoms with van der Waals surface area (Å²) < 4.78 is 4.96. The number of thiol groups is 1. The van der Waals surface area contributed by atoms with Crippen LogP contribution in [0.15, 0.2) is 0 Å². The van der Waals surface area contributed by atoms with Crippen LogP contribution < -0.4 is 16.0 Å². The number of carbonyl (C=O) groups is 5. The second-order valence-corrected chi connectivity index (χ2v) is 6.86. The molecule has 0 spiro atoms. The Bertz CT molecular complexity index is 576. The Kier molecular flexibility index (Phi) is 10.2. The van der Waals surface area contributed by atoms with Gasteiger partial charge in [0.15, 0.2) is 0 Å². The highest BCUT2D eigenvalue weighted by Gasteiger charge is 2.25. The number of carboxylic acid groups (broad SMARTS) is 2. The number of alkyl carbamates (subject to hydrolysis) is 1. The molecule has 0 saturated heterocycles. The fourth-order valence-corrected chi connectivity index (χ4v) is 1.99. The van der Waals surface area contributed by atoms with E-state index >= 15 is 0 Å². The van der Waals surface area contributed by atoms with Crippen molar-refractivity contribution in [2.45, 2.75) is 51.3 Å². The van der Waals surface area contributed by atoms with E-state index in [0.29, 0.717) is 0 Å². The first-order chi connectivity index (χ1) is 12.4. The minimum atomic E-state index is -1.36. The zero-order valence-corrected chi connectivity index (χ0v) is 16.2. The Morgan fingerprint density at radius 1 is 1.04 bits per heavy atom. The highest BCUT2D eigenvalue weighted by Crippen LogP contribution is 2.08. The predicted octanol–water partition coefficient (Wildman–Crippen LogP) is -0.640. The Labute approximate surface area is 161 Å². The molecule has 0 heterocycles. The van der Waals surface area contributed by atoms with Gasteiger partial charge in [0.05, 0.1) is 0 Å². The summed E-state index contributed by atoms with van der Waals surface area (Å²) in [4.78, 5) is 56.9. The van der Waals surface area contributed by atoms with Crippen LogP contribution in [-0.2, 0) is 23.9 Å². The number of aliphatic carboxylic acids is 2. The molecule has 154 valence electrons. The molecule has 0 fully saturated rings. The number of nitrogens with one attached hydrogen (secondary N) is 3. The van der Waals surface area contributed by atoms with Gasteiger partial charge in [-0.2, -0.15) is 12.6 Å². The van der Waals surface area contributed by atoms with Crippen LogP contribution >= 0.6 is 12.6 Å². The number of amides is 3. The van der Waals surface area contributed by atoms with Gasteiger partial charge >= 0.3 is 18.0 Å². The zero-order chi connectivity index (χ0) is 21.2. The van der Waals surface area contributed by atoms with E-state index in [4.69, 9.17) is 14.9 Å². The highest BCUT2D eigenvalue weighted by atomic mass is 32.1. The van der Waals surface area contributed by atoms with Gasteiger partial charge < -0.3 is 30.9 Å². The van der Waals surface area contributed by atoms with Crippen molar-refractivity contribution >= 4 is 42.5 Å². The summed E-state index contributed by atoms with van der Waals surface area (Å²) in [6.07, 6.45) is -1.48. The maximum atomic E-state index is 11.9. The minimum Gasteiger partial charge on any atom is -0.480 e. The van der Waals surface area contributed by atoms with E-state index in [1.165, 1.54) is 0 Å². The maximum Gasteiger partial charge on any atom is 0.408 e. The Hall–Kier alpha value is -2.50. The summed E-state index contributed by atoms with van der Waals surface area (Å²) >= 11 is 3.91. The van der Waals surface area contributed by atoms with Crippen LogP contribution in [0.5, 0.6) is 0 Å². The van der Waals surface area contributed by atoms with Gasteiger partial charge in [-0.25, -0.2) is 9.59 Å². The van der Waals surface area contributed by atoms with Crippen LogP contribution in [0.2, 0.25) is 0 Å². The van der Waals surface area contributed by atoms with Gasteiger partial charge in [-0.05, 0) is 27.2 Å². The second kappa shape index (κ2) is 11.3. The summed E-state index contributed by atoms with van der Waals surface area (Å²) in [5.74, 6) is -4.07. The second-order valence-electron chi connectivity index (χ2n) is 6.49. The van der Waals surface area contributed by atoms with Gasteiger partial charge in [-0.3, -0.25) is 14.4 Å². The van der Waals surface area contributed by atoms with Crippen molar-refractivity contribution < 1.29 is 38.9 Å². The van der Waals surface area contributed by atoms with Crippen LogP contribution in [-0.4, -0.2) is 70.0 Å². The van der Waals surface area contributed by atoms with Crippen LogP contribution in [0.25, 0.3) is 0 Å². The fraction of sp³-hybridized carbons (Fsp3) is 0.667. The summed E-state index contributed by atoms with van der Waals surface area (Å²) in [6.45, 7) is 4.23. The molecule has 0 saturated carbocycles. The van der Waals surface area contributed by atoms with E-state index < -0.39 is 54.1 Å². The molecule has 5 N–H and O–H groups in total. The van der Waals surface area contributed by atoms with E-state index in [9.17, 15) is 24.0 Å². The number of ether oxygens (including phenoxy) is 1. The molecule has 0 bridgehead atoms. The lowest BCUT2D eigenvalue weighted by Crippen LogP contribution is -2.49. The molecular weight excluding hydrogens is 382 g/mol. The number of carboxylic acids is 2. The lowest BCUT2D eigenvalue weighted by molar-refractivity contribution is -0.140. The monoisotopic (exact) mass is 407 g/mol. The van der Waals surface area contributed by atoms with Crippen molar-refractivity contribution in [1.29, 1.82) is 0 Å². The largest absolute Gasteiger partial charge is 0.480 e. The molecule has 0 aromatic rings. The first-order valence-electron chi connectivity index (χ1n) is 7.97. The topological polar surface area (TPSA) is 171 Å². The van der Waals surface area contributed by atoms with E-state index in [2.05, 4.69) is 28.6 Å². The fourth-order valence-electron chi connectivity index (χ4n) is 1.73. The third kappa shape index (κ3) is 11.7. The van der Waals surface area contributed by atoms with Crippen molar-refractivity contribution in [1.82, 2.24) is 16.0 Å². The molecule has 11 nitrogen and oxygen atoms in total. The number of rotatable bonds is 10. The van der Waals surface area contributed by atoms with E-state index in [-0.39, 0.29) is 18.6 Å². The molecule has 0 aromatic carbocycles. The van der Waals surface area contributed by atoms with Gasteiger partial charge in [-0.15, -0.1) is 0 Å². The molecule has 2 atom stereocenters. The molecule has 3 amide bonds. The van der Waals surface area contributed by atoms with Crippen LogP contribution in [0.4, 0.5) is 4.79 Å². The third-order valence-corrected chi connectivity index (χ3v) is 3.26. The molecule has 0 unspecified atom stereocenters. The molecule has 0 rings (SSSR count). The van der Waals surface area contributed by atoms with Gasteiger partial charge in [-0.1, -0.05) is 0 Å². The summed E-state index contributed by atoms with van der Waals surface area (Å²) in [7, 11) is 0. The number of hydrogen-bond donors (Lipinski definition) is 6. The lowest BCUT2D eigenvalue weighted by Gasteiger charge is -2.22. The third-order valence-electron chi connectivity index (χ3n) is 2.90. The predicted molar refractivity (Wildman–Crippen MR) is 96.5 cm³/mol. The SMILES string of the molecule is CC(C)(C)OC(=O)N[C@@H](CCC(=O)N[C@@H](CS)C(=O)NCC(=O)O)C(=O)O. The average Bonchev–Trinajstić information content (AvgIpc) is 2.52. The molecule has 27 heavy (non-hydrogen) atoms. The Morgan fingerprint density at radius 2 is 1.63 bits per heavy atom. The van der Waals surface area contributed by atoms with Gasteiger partial charge in [0.1, 0.15) is 24.2 Å². The first kappa shape index (κ1) is 24.5. The van der Waals surface area contributed by atoms with Crippen molar-refractivity contribution in [3.8, 4) is 0 Å². The van der Waals surface area contributed by atoms with E-state index in [1.54, 1.807) is 20.8 Å². The molecule has 0 aliphatic heterocycles. The maximum absolute atomic E-state index is 11.9. The summed E-state index contributed by atoms with van der Waals surface area (Å²) in [6, 6.07) is -2.44. The normalized spacial score (nSPS) is 13.0. The molecule has 0 aliphatic carbocycles. The first-order valence-corrected chi connectivity index (χ1v) is 8.61. The Balaban J connectivity index is 4.59. The summed E-state index contributed by atoms with van der Waals surface area (Å²) in [5, 5.41) is 24.2. The molecule has 12 heteroatoms. The average molecular weight is 407 g/mol. The smallest absolute Gasteiger partial charge is 0.408 e. The van der Waals surface area contributed by atoms with Crippen molar-refractivity contribution in [3.05, 3.63) is 0 Å². The molecule has 0 aromatic heterocycles. The summed E-state index contributed by atoms with van der Waals surface area (Å²) in [5.41, 5.74) is -0.812. The molecule has 0 radical (unpaired) electrons. The van der Waals surface area contributed by atoms with Crippen molar-refractivity contribution in [3.63, 3.8) is 0 Å². The van der Waals surface area contributed by atoms with Crippen LogP contribution in [0.3, 0.4) is 0 Å². The van der Waals surface area contributed by atoms with E-state index in [0.717, 1.165) is 0 Å². The van der Waals surface area contributed by atoms with Gasteiger partial charge in [0.25, 0.3) is 0 Å². The highest BCUT2D eigenvalue weighted by molar-refractivity contribution is 7.80.